The predicted molar refractivity (Wildman–Crippen MR) is 83.3 cm³/mol. The van der Waals surface area contributed by atoms with E-state index in [-0.39, 0.29) is 11.2 Å². The highest BCUT2D eigenvalue weighted by Gasteiger charge is 2.27. The van der Waals surface area contributed by atoms with Crippen LogP contribution in [0.25, 0.3) is 10.1 Å². The number of hydrogen-bond donors (Lipinski definition) is 0. The summed E-state index contributed by atoms with van der Waals surface area (Å²) in [6.07, 6.45) is 3.42. The minimum atomic E-state index is -0.348. The minimum Gasteiger partial charge on any atom is -0.362 e. The van der Waals surface area contributed by atoms with Crippen LogP contribution < -0.4 is 10.3 Å². The highest BCUT2D eigenvalue weighted by molar-refractivity contribution is 7.16. The highest BCUT2D eigenvalue weighted by Crippen LogP contribution is 2.30. The fourth-order valence-electron chi connectivity index (χ4n) is 3.17. The third-order valence-corrected chi connectivity index (χ3v) is 5.14. The molecule has 0 radical (unpaired) electrons. The van der Waals surface area contributed by atoms with Crippen LogP contribution in [-0.2, 0) is 0 Å². The summed E-state index contributed by atoms with van der Waals surface area (Å²) in [4.78, 5) is 14.9. The molecule has 2 atom stereocenters. The molecular weight excluding hydrogens is 273 g/mol. The number of halogens is 1. The normalized spacial score (nSPS) is 23.2. The molecule has 0 saturated carbocycles. The van der Waals surface area contributed by atoms with Gasteiger partial charge in [0, 0.05) is 27.5 Å². The highest BCUT2D eigenvalue weighted by atomic mass is 32.1. The Kier molecular flexibility index (Phi) is 3.50. The standard InChI is InChI=1S/C16H18FNOS/c1-10-4-3-5-11(2)18(10)14-9-20-15-7-6-12(17)8-13(15)16(14)19/h6-11H,3-5H2,1-2H3/t10-,11-/m0/s1. The summed E-state index contributed by atoms with van der Waals surface area (Å²) in [7, 11) is 0. The zero-order chi connectivity index (χ0) is 14.3. The molecule has 0 aliphatic carbocycles. The van der Waals surface area contributed by atoms with Crippen molar-refractivity contribution in [1.29, 1.82) is 0 Å². The number of anilines is 1. The smallest absolute Gasteiger partial charge is 0.211 e. The van der Waals surface area contributed by atoms with Gasteiger partial charge < -0.3 is 4.90 Å². The number of hydrogen-bond acceptors (Lipinski definition) is 3. The topological polar surface area (TPSA) is 20.3 Å². The van der Waals surface area contributed by atoms with Crippen LogP contribution in [0.1, 0.15) is 33.1 Å². The van der Waals surface area contributed by atoms with E-state index in [1.807, 2.05) is 5.38 Å². The van der Waals surface area contributed by atoms with Gasteiger partial charge in [-0.1, -0.05) is 0 Å². The number of fused-ring (bicyclic) bond motifs is 1. The van der Waals surface area contributed by atoms with Crippen LogP contribution in [0, 0.1) is 5.82 Å². The van der Waals surface area contributed by atoms with Crippen molar-refractivity contribution in [3.63, 3.8) is 0 Å². The molecule has 106 valence electrons. The van der Waals surface area contributed by atoms with Crippen molar-refractivity contribution in [3.05, 3.63) is 39.6 Å². The molecule has 1 fully saturated rings. The van der Waals surface area contributed by atoms with Gasteiger partial charge in [-0.3, -0.25) is 4.79 Å². The van der Waals surface area contributed by atoms with E-state index in [1.165, 1.54) is 29.9 Å². The van der Waals surface area contributed by atoms with Gasteiger partial charge in [0.05, 0.1) is 5.69 Å². The number of rotatable bonds is 1. The van der Waals surface area contributed by atoms with Crippen molar-refractivity contribution in [3.8, 4) is 0 Å². The SMILES string of the molecule is C[C@H]1CCC[C@H](C)N1c1csc2ccc(F)cc2c1=O. The quantitative estimate of drug-likeness (QED) is 0.786. The molecular formula is C16H18FNOS. The summed E-state index contributed by atoms with van der Waals surface area (Å²) in [5, 5.41) is 2.43. The lowest BCUT2D eigenvalue weighted by atomic mass is 9.97. The Balaban J connectivity index is 2.16. The summed E-state index contributed by atoms with van der Waals surface area (Å²) in [6, 6.07) is 5.18. The van der Waals surface area contributed by atoms with Crippen molar-refractivity contribution in [2.45, 2.75) is 45.2 Å². The second-order valence-corrected chi connectivity index (χ2v) is 6.54. The summed E-state index contributed by atoms with van der Waals surface area (Å²) in [5.41, 5.74) is 0.687. The molecule has 4 heteroatoms. The van der Waals surface area contributed by atoms with Gasteiger partial charge in [-0.05, 0) is 51.3 Å². The van der Waals surface area contributed by atoms with Gasteiger partial charge in [0.2, 0.25) is 5.43 Å². The van der Waals surface area contributed by atoms with Gasteiger partial charge in [-0.15, -0.1) is 11.3 Å². The lowest BCUT2D eigenvalue weighted by Crippen LogP contribution is -2.45. The van der Waals surface area contributed by atoms with Gasteiger partial charge in [0.15, 0.2) is 0 Å². The van der Waals surface area contributed by atoms with Crippen LogP contribution >= 0.6 is 11.3 Å². The molecule has 1 aromatic carbocycles. The Morgan fingerprint density at radius 3 is 2.65 bits per heavy atom. The number of benzene rings is 1. The molecule has 2 heterocycles. The summed E-state index contributed by atoms with van der Waals surface area (Å²) >= 11 is 1.52. The van der Waals surface area contributed by atoms with Crippen molar-refractivity contribution >= 4 is 27.1 Å². The number of nitrogens with zero attached hydrogens (tertiary/aromatic N) is 1. The molecule has 1 aromatic heterocycles. The maximum Gasteiger partial charge on any atom is 0.211 e. The van der Waals surface area contributed by atoms with Crippen LogP contribution in [0.5, 0.6) is 0 Å². The average Bonchev–Trinajstić information content (AvgIpc) is 2.41. The van der Waals surface area contributed by atoms with E-state index >= 15 is 0 Å². The predicted octanol–water partition coefficient (Wildman–Crippen LogP) is 4.17. The van der Waals surface area contributed by atoms with E-state index in [9.17, 15) is 9.18 Å². The van der Waals surface area contributed by atoms with Gasteiger partial charge in [-0.2, -0.15) is 0 Å². The van der Waals surface area contributed by atoms with Crippen molar-refractivity contribution in [1.82, 2.24) is 0 Å². The first-order chi connectivity index (χ1) is 9.58. The van der Waals surface area contributed by atoms with Crippen molar-refractivity contribution in [2.75, 3.05) is 4.90 Å². The first-order valence-electron chi connectivity index (χ1n) is 7.07. The molecule has 0 N–H and O–H groups in total. The first kappa shape index (κ1) is 13.6. The average molecular weight is 291 g/mol. The summed E-state index contributed by atoms with van der Waals surface area (Å²) in [5.74, 6) is -0.348. The molecule has 1 aliphatic rings. The second-order valence-electron chi connectivity index (χ2n) is 5.63. The molecule has 3 rings (SSSR count). The van der Waals surface area contributed by atoms with Crippen molar-refractivity contribution in [2.24, 2.45) is 0 Å². The molecule has 2 nitrogen and oxygen atoms in total. The number of piperidine rings is 1. The van der Waals surface area contributed by atoms with E-state index in [0.717, 1.165) is 23.2 Å². The van der Waals surface area contributed by atoms with E-state index < -0.39 is 0 Å². The monoisotopic (exact) mass is 291 g/mol. The summed E-state index contributed by atoms with van der Waals surface area (Å²) in [6.45, 7) is 4.32. The zero-order valence-electron chi connectivity index (χ0n) is 11.7. The zero-order valence-corrected chi connectivity index (χ0v) is 12.5. The van der Waals surface area contributed by atoms with Crippen LogP contribution in [0.4, 0.5) is 10.1 Å². The van der Waals surface area contributed by atoms with E-state index in [2.05, 4.69) is 18.7 Å². The second kappa shape index (κ2) is 5.17. The van der Waals surface area contributed by atoms with Crippen LogP contribution in [0.15, 0.2) is 28.4 Å². The van der Waals surface area contributed by atoms with Crippen LogP contribution in [-0.4, -0.2) is 12.1 Å². The molecule has 0 bridgehead atoms. The molecule has 1 saturated heterocycles. The Labute approximate surface area is 121 Å². The molecule has 20 heavy (non-hydrogen) atoms. The van der Waals surface area contributed by atoms with Gasteiger partial charge in [0.25, 0.3) is 0 Å². The summed E-state index contributed by atoms with van der Waals surface area (Å²) < 4.78 is 14.2. The molecule has 2 aromatic rings. The van der Waals surface area contributed by atoms with E-state index in [0.29, 0.717) is 17.5 Å². The van der Waals surface area contributed by atoms with E-state index in [1.54, 1.807) is 6.07 Å². The fraction of sp³-hybridized carbons (Fsp3) is 0.438. The van der Waals surface area contributed by atoms with Crippen LogP contribution in [0.2, 0.25) is 0 Å². The molecule has 0 amide bonds. The Morgan fingerprint density at radius 2 is 1.95 bits per heavy atom. The van der Waals surface area contributed by atoms with Crippen molar-refractivity contribution < 1.29 is 4.39 Å². The minimum absolute atomic E-state index is 0.0427. The maximum atomic E-state index is 13.4. The molecule has 0 unspecified atom stereocenters. The fourth-order valence-corrected chi connectivity index (χ4v) is 4.06. The van der Waals surface area contributed by atoms with Gasteiger partial charge >= 0.3 is 0 Å². The third-order valence-electron chi connectivity index (χ3n) is 4.19. The van der Waals surface area contributed by atoms with Gasteiger partial charge in [-0.25, -0.2) is 4.39 Å². The van der Waals surface area contributed by atoms with E-state index in [4.69, 9.17) is 0 Å². The van der Waals surface area contributed by atoms with Crippen LogP contribution in [0.3, 0.4) is 0 Å². The first-order valence-corrected chi connectivity index (χ1v) is 7.95. The molecule has 1 aliphatic heterocycles. The maximum absolute atomic E-state index is 13.4. The third kappa shape index (κ3) is 2.22. The Bertz CT molecular complexity index is 686. The molecule has 0 spiro atoms. The Hall–Kier alpha value is -1.42. The largest absolute Gasteiger partial charge is 0.362 e. The van der Waals surface area contributed by atoms with Gasteiger partial charge in [0.1, 0.15) is 5.82 Å². The lowest BCUT2D eigenvalue weighted by molar-refractivity contribution is 0.414. The Morgan fingerprint density at radius 1 is 1.25 bits per heavy atom. The lowest BCUT2D eigenvalue weighted by Gasteiger charge is -2.40.